The monoisotopic (exact) mass is 161 g/mol. The summed E-state index contributed by atoms with van der Waals surface area (Å²) in [4.78, 5) is 10.7. The molecule has 7 heteroatoms. The summed E-state index contributed by atoms with van der Waals surface area (Å²) in [6, 6.07) is 0. The minimum Gasteiger partial charge on any atom is -0.326 e. The molecule has 3 heterocycles. The van der Waals surface area contributed by atoms with Crippen LogP contribution in [0.3, 0.4) is 0 Å². The zero-order valence-corrected chi connectivity index (χ0v) is 5.84. The highest BCUT2D eigenvalue weighted by Crippen LogP contribution is 2.03. The highest BCUT2D eigenvalue weighted by Gasteiger charge is 2.04. The van der Waals surface area contributed by atoms with E-state index in [1.165, 1.54) is 10.8 Å². The Hall–Kier alpha value is -2.05. The first-order valence-corrected chi connectivity index (χ1v) is 3.30. The molecule has 0 aliphatic carbocycles. The van der Waals surface area contributed by atoms with Crippen LogP contribution in [0.1, 0.15) is 0 Å². The van der Waals surface area contributed by atoms with Crippen LogP contribution in [0.2, 0.25) is 0 Å². The molecule has 0 saturated carbocycles. The average Bonchev–Trinajstić information content (AvgIpc) is 2.71. The number of H-pyrrole nitrogens is 1. The van der Waals surface area contributed by atoms with E-state index in [0.29, 0.717) is 17.1 Å². The second-order valence-corrected chi connectivity index (χ2v) is 2.25. The molecule has 0 spiro atoms. The number of nitrogens with zero attached hydrogens (tertiary/aromatic N) is 6. The van der Waals surface area contributed by atoms with E-state index < -0.39 is 0 Å². The van der Waals surface area contributed by atoms with Gasteiger partial charge in [0.05, 0.1) is 6.33 Å². The molecule has 58 valence electrons. The van der Waals surface area contributed by atoms with Crippen molar-refractivity contribution < 1.29 is 0 Å². The van der Waals surface area contributed by atoms with Crippen molar-refractivity contribution in [3.8, 4) is 0 Å². The average molecular weight is 161 g/mol. The molecule has 7 nitrogen and oxygen atoms in total. The standard InChI is InChI=1S/C5H3N7/c1-6-3-4(7-1)12-5(11-10-3)8-2-9-12/h1-2H,(H,6,7). The number of hydrogen-bond acceptors (Lipinski definition) is 5. The van der Waals surface area contributed by atoms with Gasteiger partial charge in [-0.15, -0.1) is 10.2 Å². The Morgan fingerprint density at radius 1 is 1.25 bits per heavy atom. The molecule has 0 fully saturated rings. The van der Waals surface area contributed by atoms with Gasteiger partial charge < -0.3 is 4.98 Å². The molecule has 1 N–H and O–H groups in total. The third-order valence-corrected chi connectivity index (χ3v) is 1.57. The lowest BCUT2D eigenvalue weighted by Gasteiger charge is -1.88. The lowest BCUT2D eigenvalue weighted by Crippen LogP contribution is -1.95. The fourth-order valence-electron chi connectivity index (χ4n) is 1.06. The minimum atomic E-state index is 0.453. The number of nitrogens with one attached hydrogen (secondary N) is 1. The molecule has 0 aromatic carbocycles. The van der Waals surface area contributed by atoms with Crippen molar-refractivity contribution in [2.24, 2.45) is 0 Å². The summed E-state index contributed by atoms with van der Waals surface area (Å²) in [6.07, 6.45) is 2.96. The maximum absolute atomic E-state index is 4.02. The molecule has 3 aromatic heterocycles. The zero-order valence-electron chi connectivity index (χ0n) is 5.84. The van der Waals surface area contributed by atoms with Gasteiger partial charge >= 0.3 is 0 Å². The van der Waals surface area contributed by atoms with Crippen molar-refractivity contribution in [3.63, 3.8) is 0 Å². The van der Waals surface area contributed by atoms with Crippen LogP contribution in [0.25, 0.3) is 17.1 Å². The SMILES string of the molecule is c1nc2nnc3[nH]cnc3n2n1. The van der Waals surface area contributed by atoms with Crippen molar-refractivity contribution in [2.45, 2.75) is 0 Å². The molecule has 0 atom stereocenters. The maximum Gasteiger partial charge on any atom is 0.273 e. The highest BCUT2D eigenvalue weighted by molar-refractivity contribution is 5.65. The first kappa shape index (κ1) is 5.58. The van der Waals surface area contributed by atoms with Gasteiger partial charge in [0.1, 0.15) is 6.33 Å². The molecule has 12 heavy (non-hydrogen) atoms. The fourth-order valence-corrected chi connectivity index (χ4v) is 1.06. The summed E-state index contributed by atoms with van der Waals surface area (Å²) < 4.78 is 1.53. The van der Waals surface area contributed by atoms with Crippen molar-refractivity contribution >= 4 is 17.1 Å². The van der Waals surface area contributed by atoms with E-state index in [0.717, 1.165) is 0 Å². The first-order chi connectivity index (χ1) is 5.95. The van der Waals surface area contributed by atoms with E-state index in [4.69, 9.17) is 0 Å². The normalized spacial score (nSPS) is 11.3. The van der Waals surface area contributed by atoms with E-state index >= 15 is 0 Å². The van der Waals surface area contributed by atoms with E-state index in [1.807, 2.05) is 0 Å². The van der Waals surface area contributed by atoms with Gasteiger partial charge in [0, 0.05) is 0 Å². The Balaban J connectivity index is 2.71. The molecule has 0 aliphatic rings. The predicted molar refractivity (Wildman–Crippen MR) is 38.2 cm³/mol. The Labute approximate surface area is 65.5 Å². The molecular weight excluding hydrogens is 158 g/mol. The van der Waals surface area contributed by atoms with Crippen LogP contribution in [-0.4, -0.2) is 34.8 Å². The van der Waals surface area contributed by atoms with Crippen molar-refractivity contribution in [1.29, 1.82) is 0 Å². The molecule has 0 bridgehead atoms. The summed E-state index contributed by atoms with van der Waals surface area (Å²) in [6.45, 7) is 0. The van der Waals surface area contributed by atoms with Gasteiger partial charge in [-0.3, -0.25) is 0 Å². The number of hydrogen-bond donors (Lipinski definition) is 1. The largest absolute Gasteiger partial charge is 0.326 e. The molecule has 0 unspecified atom stereocenters. The third-order valence-electron chi connectivity index (χ3n) is 1.57. The van der Waals surface area contributed by atoms with Crippen LogP contribution in [0.4, 0.5) is 0 Å². The molecule has 0 saturated heterocycles. The lowest BCUT2D eigenvalue weighted by molar-refractivity contribution is 0.927. The summed E-state index contributed by atoms with van der Waals surface area (Å²) in [5.41, 5.74) is 1.24. The Kier molecular flexibility index (Phi) is 0.817. The van der Waals surface area contributed by atoms with Crippen LogP contribution in [0.5, 0.6) is 0 Å². The fraction of sp³-hybridized carbons (Fsp3) is 0. The van der Waals surface area contributed by atoms with Gasteiger partial charge in [0.2, 0.25) is 5.65 Å². The van der Waals surface area contributed by atoms with Crippen LogP contribution in [0, 0.1) is 0 Å². The molecule has 0 amide bonds. The lowest BCUT2D eigenvalue weighted by atomic mass is 10.7. The van der Waals surface area contributed by atoms with Gasteiger partial charge in [-0.2, -0.15) is 14.6 Å². The second kappa shape index (κ2) is 1.76. The summed E-state index contributed by atoms with van der Waals surface area (Å²) in [7, 11) is 0. The van der Waals surface area contributed by atoms with E-state index in [1.54, 1.807) is 6.33 Å². The molecular formula is C5H3N7. The number of rotatable bonds is 0. The number of imidazole rings is 1. The Bertz CT molecular complexity index is 485. The smallest absolute Gasteiger partial charge is 0.273 e. The number of fused-ring (bicyclic) bond motifs is 3. The van der Waals surface area contributed by atoms with E-state index in [-0.39, 0.29) is 0 Å². The molecule has 3 rings (SSSR count). The van der Waals surface area contributed by atoms with E-state index in [2.05, 4.69) is 30.2 Å². The Morgan fingerprint density at radius 2 is 2.25 bits per heavy atom. The van der Waals surface area contributed by atoms with Gasteiger partial charge in [-0.1, -0.05) is 0 Å². The summed E-state index contributed by atoms with van der Waals surface area (Å²) in [5, 5.41) is 11.6. The van der Waals surface area contributed by atoms with Crippen molar-refractivity contribution in [3.05, 3.63) is 12.7 Å². The van der Waals surface area contributed by atoms with Crippen LogP contribution in [0.15, 0.2) is 12.7 Å². The zero-order chi connectivity index (χ0) is 7.97. The van der Waals surface area contributed by atoms with Crippen LogP contribution < -0.4 is 0 Å². The summed E-state index contributed by atoms with van der Waals surface area (Å²) in [5.74, 6) is 0.453. The van der Waals surface area contributed by atoms with Gasteiger partial charge in [0.15, 0.2) is 5.65 Å². The number of aromatic nitrogens is 7. The van der Waals surface area contributed by atoms with Gasteiger partial charge in [-0.25, -0.2) is 4.98 Å². The first-order valence-electron chi connectivity index (χ1n) is 3.30. The predicted octanol–water partition coefficient (Wildman–Crippen LogP) is -0.604. The molecule has 0 radical (unpaired) electrons. The topological polar surface area (TPSA) is 84.6 Å². The quantitative estimate of drug-likeness (QED) is 0.475. The number of aromatic amines is 1. The summed E-state index contributed by atoms with van der Waals surface area (Å²) >= 11 is 0. The third kappa shape index (κ3) is 0.529. The van der Waals surface area contributed by atoms with Crippen LogP contribution in [-0.2, 0) is 0 Å². The van der Waals surface area contributed by atoms with Crippen molar-refractivity contribution in [1.82, 2.24) is 34.8 Å². The Morgan fingerprint density at radius 3 is 3.25 bits per heavy atom. The minimum absolute atomic E-state index is 0.453. The highest BCUT2D eigenvalue weighted by atomic mass is 15.4. The van der Waals surface area contributed by atoms with Crippen molar-refractivity contribution in [2.75, 3.05) is 0 Å². The maximum atomic E-state index is 4.02. The van der Waals surface area contributed by atoms with Gasteiger partial charge in [-0.05, 0) is 0 Å². The second-order valence-electron chi connectivity index (χ2n) is 2.25. The molecule has 3 aromatic rings. The van der Waals surface area contributed by atoms with Crippen LogP contribution >= 0.6 is 0 Å². The molecule has 0 aliphatic heterocycles. The van der Waals surface area contributed by atoms with E-state index in [9.17, 15) is 0 Å². The van der Waals surface area contributed by atoms with Gasteiger partial charge in [0.25, 0.3) is 5.78 Å².